The van der Waals surface area contributed by atoms with Crippen LogP contribution in [-0.2, 0) is 4.79 Å². The molecule has 4 rings (SSSR count). The number of carbonyl (C=O) groups excluding carboxylic acids is 1. The molecule has 4 aliphatic rings. The van der Waals surface area contributed by atoms with Crippen molar-refractivity contribution in [2.24, 2.45) is 17.8 Å². The van der Waals surface area contributed by atoms with E-state index in [1.165, 1.54) is 56.3 Å². The molecule has 1 N–H and O–H groups in total. The van der Waals surface area contributed by atoms with E-state index >= 15 is 0 Å². The largest absolute Gasteiger partial charge is 0.395 e. The van der Waals surface area contributed by atoms with Crippen molar-refractivity contribution < 1.29 is 9.90 Å². The van der Waals surface area contributed by atoms with Crippen molar-refractivity contribution in [2.45, 2.75) is 57.4 Å². The minimum atomic E-state index is 0.117. The zero-order valence-corrected chi connectivity index (χ0v) is 16.8. The van der Waals surface area contributed by atoms with E-state index in [1.807, 2.05) is 11.8 Å². The van der Waals surface area contributed by atoms with E-state index in [-0.39, 0.29) is 12.5 Å². The molecule has 3 fully saturated rings. The van der Waals surface area contributed by atoms with E-state index in [0.717, 1.165) is 37.8 Å². The molecule has 3 aliphatic heterocycles. The molecular weight excluding hydrogens is 344 g/mol. The van der Waals surface area contributed by atoms with E-state index < -0.39 is 0 Å². The Hall–Kier alpha value is -0.520. The van der Waals surface area contributed by atoms with Gasteiger partial charge in [-0.3, -0.25) is 4.79 Å². The topological polar surface area (TPSA) is 43.8 Å². The summed E-state index contributed by atoms with van der Waals surface area (Å²) in [6.07, 6.45) is 12.4. The molecule has 4 nitrogen and oxygen atoms in total. The molecule has 0 aromatic rings. The van der Waals surface area contributed by atoms with Gasteiger partial charge in [0.1, 0.15) is 0 Å². The Kier molecular flexibility index (Phi) is 6.27. The van der Waals surface area contributed by atoms with Gasteiger partial charge < -0.3 is 14.9 Å². The first-order valence-corrected chi connectivity index (χ1v) is 11.7. The van der Waals surface area contributed by atoms with E-state index in [1.54, 1.807) is 0 Å². The smallest absolute Gasteiger partial charge is 0.230 e. The zero-order chi connectivity index (χ0) is 17.9. The Morgan fingerprint density at radius 2 is 1.85 bits per heavy atom. The first kappa shape index (κ1) is 18.8. The third kappa shape index (κ3) is 4.00. The van der Waals surface area contributed by atoms with Crippen LogP contribution in [0.2, 0.25) is 0 Å². The third-order valence-corrected chi connectivity index (χ3v) is 8.37. The molecular formula is C21H34N2O2S. The second-order valence-corrected chi connectivity index (χ2v) is 9.71. The van der Waals surface area contributed by atoms with Gasteiger partial charge in [0.25, 0.3) is 0 Å². The number of allylic oxidation sites excluding steroid dienone is 1. The van der Waals surface area contributed by atoms with Crippen LogP contribution in [0.4, 0.5) is 0 Å². The molecule has 0 aromatic heterocycles. The SMILES string of the molecule is O=C(C1C=C(C2CCN(CCO)CC2)SC1)N1CCCC2CCCCC21. The van der Waals surface area contributed by atoms with Gasteiger partial charge in [-0.05, 0) is 68.4 Å². The maximum atomic E-state index is 13.3. The maximum absolute atomic E-state index is 13.3. The molecule has 0 bridgehead atoms. The van der Waals surface area contributed by atoms with Crippen LogP contribution in [0.25, 0.3) is 0 Å². The fourth-order valence-electron chi connectivity index (χ4n) is 5.57. The van der Waals surface area contributed by atoms with Gasteiger partial charge in [0.2, 0.25) is 5.91 Å². The summed E-state index contributed by atoms with van der Waals surface area (Å²) in [5.41, 5.74) is 0. The second-order valence-electron chi connectivity index (χ2n) is 8.61. The summed E-state index contributed by atoms with van der Waals surface area (Å²) in [6.45, 7) is 4.22. The van der Waals surface area contributed by atoms with Crippen LogP contribution in [0.3, 0.4) is 0 Å². The summed E-state index contributed by atoms with van der Waals surface area (Å²) in [7, 11) is 0. The van der Waals surface area contributed by atoms with Crippen LogP contribution in [0.5, 0.6) is 0 Å². The van der Waals surface area contributed by atoms with Gasteiger partial charge in [0.05, 0.1) is 12.5 Å². The molecule has 26 heavy (non-hydrogen) atoms. The van der Waals surface area contributed by atoms with Gasteiger partial charge in [0.15, 0.2) is 0 Å². The van der Waals surface area contributed by atoms with Gasteiger partial charge in [-0.25, -0.2) is 0 Å². The Balaban J connectivity index is 1.36. The van der Waals surface area contributed by atoms with Crippen LogP contribution in [-0.4, -0.2) is 65.4 Å². The summed E-state index contributed by atoms with van der Waals surface area (Å²) in [5, 5.41) is 9.10. The van der Waals surface area contributed by atoms with Crippen molar-refractivity contribution in [3.63, 3.8) is 0 Å². The Bertz CT molecular complexity index is 528. The molecule has 1 aliphatic carbocycles. The van der Waals surface area contributed by atoms with Crippen molar-refractivity contribution in [2.75, 3.05) is 38.5 Å². The Morgan fingerprint density at radius 3 is 2.65 bits per heavy atom. The molecule has 0 radical (unpaired) electrons. The highest BCUT2D eigenvalue weighted by Crippen LogP contribution is 2.41. The van der Waals surface area contributed by atoms with Crippen molar-refractivity contribution >= 4 is 17.7 Å². The number of rotatable bonds is 4. The highest BCUT2D eigenvalue weighted by atomic mass is 32.2. The summed E-state index contributed by atoms with van der Waals surface area (Å²) >= 11 is 1.94. The Morgan fingerprint density at radius 1 is 1.08 bits per heavy atom. The summed E-state index contributed by atoms with van der Waals surface area (Å²) < 4.78 is 0. The molecule has 1 amide bonds. The van der Waals surface area contributed by atoms with E-state index in [9.17, 15) is 4.79 Å². The third-order valence-electron chi connectivity index (χ3n) is 7.04. The number of β-amino-alcohol motifs (C(OH)–C–C–N with tert-alkyl or cyclic N) is 1. The molecule has 5 heteroatoms. The highest BCUT2D eigenvalue weighted by Gasteiger charge is 2.39. The number of amides is 1. The van der Waals surface area contributed by atoms with Crippen LogP contribution < -0.4 is 0 Å². The summed E-state index contributed by atoms with van der Waals surface area (Å²) in [6, 6.07) is 0.536. The number of nitrogens with zero attached hydrogens (tertiary/aromatic N) is 2. The predicted octanol–water partition coefficient (Wildman–Crippen LogP) is 3.12. The minimum Gasteiger partial charge on any atom is -0.395 e. The Labute approximate surface area is 162 Å². The first-order chi connectivity index (χ1) is 12.8. The van der Waals surface area contributed by atoms with E-state index in [0.29, 0.717) is 17.9 Å². The molecule has 2 saturated heterocycles. The van der Waals surface area contributed by atoms with Crippen LogP contribution in [0.1, 0.15) is 51.4 Å². The lowest BCUT2D eigenvalue weighted by atomic mass is 9.78. The number of hydrogen-bond donors (Lipinski definition) is 1. The van der Waals surface area contributed by atoms with Gasteiger partial charge >= 0.3 is 0 Å². The van der Waals surface area contributed by atoms with E-state index in [2.05, 4.69) is 15.9 Å². The predicted molar refractivity (Wildman–Crippen MR) is 107 cm³/mol. The van der Waals surface area contributed by atoms with Crippen molar-refractivity contribution in [1.82, 2.24) is 9.80 Å². The number of thioether (sulfide) groups is 1. The number of aliphatic hydroxyl groups excluding tert-OH is 1. The molecule has 1 saturated carbocycles. The lowest BCUT2D eigenvalue weighted by molar-refractivity contribution is -0.139. The zero-order valence-electron chi connectivity index (χ0n) is 15.9. The van der Waals surface area contributed by atoms with Gasteiger partial charge in [-0.15, -0.1) is 11.8 Å². The second kappa shape index (κ2) is 8.66. The lowest BCUT2D eigenvalue weighted by Gasteiger charge is -2.44. The standard InChI is InChI=1S/C21H34N2O2S/c24-13-12-22-10-7-17(8-11-22)20-14-18(15-26-20)21(25)23-9-3-5-16-4-1-2-6-19(16)23/h14,16-19,24H,1-13,15H2. The normalized spacial score (nSPS) is 33.8. The van der Waals surface area contributed by atoms with Gasteiger partial charge in [0, 0.05) is 24.9 Å². The number of carbonyl (C=O) groups is 1. The first-order valence-electron chi connectivity index (χ1n) is 10.7. The van der Waals surface area contributed by atoms with E-state index in [4.69, 9.17) is 5.11 Å². The van der Waals surface area contributed by atoms with Crippen LogP contribution >= 0.6 is 11.8 Å². The van der Waals surface area contributed by atoms with Crippen molar-refractivity contribution in [1.29, 1.82) is 0 Å². The molecule has 3 heterocycles. The minimum absolute atomic E-state index is 0.117. The van der Waals surface area contributed by atoms with Crippen molar-refractivity contribution in [3.05, 3.63) is 11.0 Å². The quantitative estimate of drug-likeness (QED) is 0.816. The van der Waals surface area contributed by atoms with Crippen LogP contribution in [0, 0.1) is 17.8 Å². The molecule has 146 valence electrons. The fraction of sp³-hybridized carbons (Fsp3) is 0.857. The molecule has 3 atom stereocenters. The lowest BCUT2D eigenvalue weighted by Crippen LogP contribution is -2.51. The number of fused-ring (bicyclic) bond motifs is 1. The monoisotopic (exact) mass is 378 g/mol. The van der Waals surface area contributed by atoms with Crippen molar-refractivity contribution in [3.8, 4) is 0 Å². The number of likely N-dealkylation sites (tertiary alicyclic amines) is 2. The average molecular weight is 379 g/mol. The molecule has 0 aromatic carbocycles. The summed E-state index contributed by atoms with van der Waals surface area (Å²) in [5.74, 6) is 2.90. The van der Waals surface area contributed by atoms with Gasteiger partial charge in [-0.2, -0.15) is 0 Å². The highest BCUT2D eigenvalue weighted by molar-refractivity contribution is 8.03. The molecule has 3 unspecified atom stereocenters. The fourth-order valence-corrected chi connectivity index (χ4v) is 6.91. The number of piperidine rings is 2. The number of aliphatic hydroxyl groups is 1. The number of hydrogen-bond acceptors (Lipinski definition) is 4. The summed E-state index contributed by atoms with van der Waals surface area (Å²) in [4.78, 5) is 19.4. The average Bonchev–Trinajstić information content (AvgIpc) is 3.18. The molecule has 0 spiro atoms. The van der Waals surface area contributed by atoms with Gasteiger partial charge in [-0.1, -0.05) is 18.9 Å². The van der Waals surface area contributed by atoms with Crippen LogP contribution in [0.15, 0.2) is 11.0 Å². The maximum Gasteiger partial charge on any atom is 0.230 e.